The number of anilines is 2. The molecule has 3 aromatic rings. The molecular formula is C23H18ClF3N2O6S. The van der Waals surface area contributed by atoms with Crippen LogP contribution in [0.25, 0.3) is 0 Å². The van der Waals surface area contributed by atoms with Crippen LogP contribution in [0.3, 0.4) is 0 Å². The molecule has 0 saturated heterocycles. The third-order valence-electron chi connectivity index (χ3n) is 4.62. The number of rotatable bonds is 8. The summed E-state index contributed by atoms with van der Waals surface area (Å²) >= 11 is 6.09. The highest BCUT2D eigenvalue weighted by Crippen LogP contribution is 2.32. The highest BCUT2D eigenvalue weighted by Gasteiger charge is 2.30. The Labute approximate surface area is 209 Å². The molecule has 0 spiro atoms. The number of halogens is 4. The summed E-state index contributed by atoms with van der Waals surface area (Å²) in [6, 6.07) is 13.2. The highest BCUT2D eigenvalue weighted by atomic mass is 35.5. The fraction of sp³-hybridized carbons (Fsp3) is 0.130. The molecule has 36 heavy (non-hydrogen) atoms. The molecule has 8 nitrogen and oxygen atoms in total. The van der Waals surface area contributed by atoms with Gasteiger partial charge in [0.25, 0.3) is 15.9 Å². The maximum Gasteiger partial charge on any atom is 0.416 e. The second-order valence-electron chi connectivity index (χ2n) is 7.15. The number of hydrogen-bond donors (Lipinski definition) is 2. The number of alkyl halides is 3. The Morgan fingerprint density at radius 3 is 2.39 bits per heavy atom. The molecule has 0 bridgehead atoms. The van der Waals surface area contributed by atoms with Gasteiger partial charge in [-0.2, -0.15) is 13.2 Å². The van der Waals surface area contributed by atoms with Gasteiger partial charge in [-0.05, 0) is 48.5 Å². The fourth-order valence-electron chi connectivity index (χ4n) is 2.95. The van der Waals surface area contributed by atoms with E-state index < -0.39 is 40.2 Å². The molecule has 0 radical (unpaired) electrons. The number of carbonyl (C=O) groups excluding carboxylic acids is 2. The SMILES string of the molecule is COC(=O)c1ccccc1NC(=O)COc1ccc(S(=O)(=O)Nc2cccc(C(F)(F)F)c2)cc1Cl. The lowest BCUT2D eigenvalue weighted by Crippen LogP contribution is -2.22. The minimum Gasteiger partial charge on any atom is -0.482 e. The van der Waals surface area contributed by atoms with Crippen molar-refractivity contribution < 1.29 is 40.7 Å². The summed E-state index contributed by atoms with van der Waals surface area (Å²) in [4.78, 5) is 23.7. The molecule has 3 rings (SSSR count). The number of methoxy groups -OCH3 is 1. The largest absolute Gasteiger partial charge is 0.482 e. The van der Waals surface area contributed by atoms with E-state index in [4.69, 9.17) is 16.3 Å². The molecule has 0 heterocycles. The summed E-state index contributed by atoms with van der Waals surface area (Å²) < 4.78 is 75.9. The number of amides is 1. The summed E-state index contributed by atoms with van der Waals surface area (Å²) in [5.74, 6) is -1.30. The van der Waals surface area contributed by atoms with Gasteiger partial charge >= 0.3 is 12.1 Å². The van der Waals surface area contributed by atoms with E-state index in [1.165, 1.54) is 31.4 Å². The maximum atomic E-state index is 12.9. The predicted molar refractivity (Wildman–Crippen MR) is 126 cm³/mol. The fourth-order valence-corrected chi connectivity index (χ4v) is 4.32. The van der Waals surface area contributed by atoms with E-state index in [0.717, 1.165) is 24.3 Å². The van der Waals surface area contributed by atoms with Crippen LogP contribution in [0, 0.1) is 0 Å². The Hall–Kier alpha value is -3.77. The highest BCUT2D eigenvalue weighted by molar-refractivity contribution is 7.92. The Balaban J connectivity index is 1.68. The topological polar surface area (TPSA) is 111 Å². The average Bonchev–Trinajstić information content (AvgIpc) is 2.82. The smallest absolute Gasteiger partial charge is 0.416 e. The van der Waals surface area contributed by atoms with Crippen molar-refractivity contribution in [2.24, 2.45) is 0 Å². The first-order chi connectivity index (χ1) is 16.9. The first-order valence-electron chi connectivity index (χ1n) is 10.0. The third kappa shape index (κ3) is 6.67. The number of ether oxygens (including phenoxy) is 2. The van der Waals surface area contributed by atoms with E-state index in [1.807, 2.05) is 0 Å². The van der Waals surface area contributed by atoms with Crippen molar-refractivity contribution in [3.8, 4) is 5.75 Å². The second-order valence-corrected chi connectivity index (χ2v) is 9.24. The molecule has 0 fully saturated rings. The van der Waals surface area contributed by atoms with Crippen LogP contribution in [0.5, 0.6) is 5.75 Å². The molecule has 0 aliphatic heterocycles. The van der Waals surface area contributed by atoms with E-state index in [1.54, 1.807) is 12.1 Å². The minimum absolute atomic E-state index is 0.0221. The van der Waals surface area contributed by atoms with E-state index >= 15 is 0 Å². The number of nitrogens with one attached hydrogen (secondary N) is 2. The molecule has 2 N–H and O–H groups in total. The van der Waals surface area contributed by atoms with Gasteiger partial charge in [-0.15, -0.1) is 0 Å². The lowest BCUT2D eigenvalue weighted by atomic mass is 10.2. The number of esters is 1. The van der Waals surface area contributed by atoms with Crippen LogP contribution in [0.2, 0.25) is 5.02 Å². The van der Waals surface area contributed by atoms with Crippen molar-refractivity contribution in [3.05, 3.63) is 82.9 Å². The summed E-state index contributed by atoms with van der Waals surface area (Å²) in [7, 11) is -3.08. The van der Waals surface area contributed by atoms with Crippen LogP contribution in [0.1, 0.15) is 15.9 Å². The minimum atomic E-state index is -4.64. The zero-order valence-electron chi connectivity index (χ0n) is 18.4. The first kappa shape index (κ1) is 26.8. The van der Waals surface area contributed by atoms with Crippen molar-refractivity contribution in [2.75, 3.05) is 23.8 Å². The average molecular weight is 543 g/mol. The lowest BCUT2D eigenvalue weighted by Gasteiger charge is -2.13. The van der Waals surface area contributed by atoms with Crippen molar-refractivity contribution in [2.45, 2.75) is 11.1 Å². The summed E-state index contributed by atoms with van der Waals surface area (Å²) in [5.41, 5.74) is -0.970. The predicted octanol–water partition coefficient (Wildman–Crippen LogP) is 4.96. The zero-order chi connectivity index (χ0) is 26.5. The molecule has 0 aliphatic rings. The zero-order valence-corrected chi connectivity index (χ0v) is 20.0. The summed E-state index contributed by atoms with van der Waals surface area (Å²) in [5, 5.41) is 2.34. The molecule has 3 aromatic carbocycles. The van der Waals surface area contributed by atoms with Gasteiger partial charge in [0.15, 0.2) is 6.61 Å². The Morgan fingerprint density at radius 2 is 1.72 bits per heavy atom. The standard InChI is InChI=1S/C23H18ClF3N2O6S/c1-34-22(31)17-7-2-3-8-19(17)28-21(30)13-35-20-10-9-16(12-18(20)24)36(32,33)29-15-6-4-5-14(11-15)23(25,26)27/h2-12,29H,13H2,1H3,(H,28,30). The molecule has 0 aliphatic carbocycles. The van der Waals surface area contributed by atoms with Crippen LogP contribution in [0.15, 0.2) is 71.6 Å². The molecule has 13 heteroatoms. The second kappa shape index (κ2) is 10.9. The van der Waals surface area contributed by atoms with Gasteiger partial charge in [0.2, 0.25) is 0 Å². The van der Waals surface area contributed by atoms with Gasteiger partial charge in [0.05, 0.1) is 33.8 Å². The van der Waals surface area contributed by atoms with Crippen LogP contribution in [-0.2, 0) is 25.7 Å². The van der Waals surface area contributed by atoms with Gasteiger partial charge in [-0.3, -0.25) is 9.52 Å². The monoisotopic (exact) mass is 542 g/mol. The molecular weight excluding hydrogens is 525 g/mol. The molecule has 1 amide bonds. The Bertz CT molecular complexity index is 1400. The van der Waals surface area contributed by atoms with Crippen LogP contribution < -0.4 is 14.8 Å². The van der Waals surface area contributed by atoms with Crippen LogP contribution in [-0.4, -0.2) is 34.0 Å². The number of hydrogen-bond acceptors (Lipinski definition) is 6. The van der Waals surface area contributed by atoms with Crippen molar-refractivity contribution >= 4 is 44.9 Å². The van der Waals surface area contributed by atoms with Gasteiger partial charge < -0.3 is 14.8 Å². The molecule has 0 unspecified atom stereocenters. The van der Waals surface area contributed by atoms with Crippen molar-refractivity contribution in [1.29, 1.82) is 0 Å². The van der Waals surface area contributed by atoms with Gasteiger partial charge in [0.1, 0.15) is 5.75 Å². The molecule has 0 saturated carbocycles. The molecule has 190 valence electrons. The van der Waals surface area contributed by atoms with Crippen LogP contribution in [0.4, 0.5) is 24.5 Å². The Kier molecular flexibility index (Phi) is 8.10. The number of carbonyl (C=O) groups is 2. The number of sulfonamides is 1. The van der Waals surface area contributed by atoms with E-state index in [9.17, 15) is 31.2 Å². The van der Waals surface area contributed by atoms with Crippen molar-refractivity contribution in [1.82, 2.24) is 0 Å². The normalized spacial score (nSPS) is 11.5. The molecule has 0 aromatic heterocycles. The number of benzene rings is 3. The lowest BCUT2D eigenvalue weighted by molar-refractivity contribution is -0.137. The van der Waals surface area contributed by atoms with Gasteiger partial charge in [0, 0.05) is 5.69 Å². The maximum absolute atomic E-state index is 12.9. The van der Waals surface area contributed by atoms with E-state index in [0.29, 0.717) is 6.07 Å². The summed E-state index contributed by atoms with van der Waals surface area (Å²) in [6.45, 7) is -0.524. The summed E-state index contributed by atoms with van der Waals surface area (Å²) in [6.07, 6.45) is -4.64. The van der Waals surface area contributed by atoms with E-state index in [2.05, 4.69) is 14.8 Å². The van der Waals surface area contributed by atoms with Crippen LogP contribution >= 0.6 is 11.6 Å². The molecule has 0 atom stereocenters. The van der Waals surface area contributed by atoms with Crippen molar-refractivity contribution in [3.63, 3.8) is 0 Å². The van der Waals surface area contributed by atoms with Gasteiger partial charge in [-0.25, -0.2) is 13.2 Å². The number of para-hydroxylation sites is 1. The van der Waals surface area contributed by atoms with E-state index in [-0.39, 0.29) is 32.6 Å². The quantitative estimate of drug-likeness (QED) is 0.389. The first-order valence-corrected chi connectivity index (χ1v) is 11.9. The van der Waals surface area contributed by atoms with Gasteiger partial charge in [-0.1, -0.05) is 29.8 Å². The third-order valence-corrected chi connectivity index (χ3v) is 6.30. The Morgan fingerprint density at radius 1 is 1.00 bits per heavy atom.